The van der Waals surface area contributed by atoms with Gasteiger partial charge in [0.15, 0.2) is 0 Å². The number of pyridine rings is 1. The van der Waals surface area contributed by atoms with Crippen molar-refractivity contribution in [2.75, 3.05) is 6.61 Å². The first kappa shape index (κ1) is 14.7. The van der Waals surface area contributed by atoms with Crippen molar-refractivity contribution in [1.29, 1.82) is 0 Å². The fourth-order valence-corrected chi connectivity index (χ4v) is 1.41. The van der Waals surface area contributed by atoms with Gasteiger partial charge in [0.25, 0.3) is 0 Å². The second-order valence-electron chi connectivity index (χ2n) is 5.39. The van der Waals surface area contributed by atoms with Crippen LogP contribution in [0.3, 0.4) is 0 Å². The minimum atomic E-state index is 0.119. The topological polar surface area (TPSA) is 34.1 Å². The molecule has 0 spiro atoms. The van der Waals surface area contributed by atoms with Crippen LogP contribution < -0.4 is 10.1 Å². The Bertz CT molecular complexity index is 369. The molecule has 3 nitrogen and oxygen atoms in total. The molecule has 0 fully saturated rings. The number of nitrogens with one attached hydrogen (secondary N) is 1. The van der Waals surface area contributed by atoms with Gasteiger partial charge in [-0.3, -0.25) is 0 Å². The molecule has 1 rings (SSSR count). The Morgan fingerprint density at radius 3 is 2.89 bits per heavy atom. The molecule has 0 saturated carbocycles. The van der Waals surface area contributed by atoms with E-state index in [-0.39, 0.29) is 5.54 Å². The van der Waals surface area contributed by atoms with Crippen molar-refractivity contribution < 1.29 is 4.74 Å². The molecule has 0 unspecified atom stereocenters. The largest absolute Gasteiger partial charge is 0.478 e. The normalized spacial score (nSPS) is 11.3. The molecule has 0 atom stereocenters. The molecule has 1 heterocycles. The smallest absolute Gasteiger partial charge is 0.213 e. The second-order valence-corrected chi connectivity index (χ2v) is 5.39. The number of allylic oxidation sites excluding steroid dienone is 1. The molecule has 100 valence electrons. The quantitative estimate of drug-likeness (QED) is 0.594. The maximum Gasteiger partial charge on any atom is 0.213 e. The van der Waals surface area contributed by atoms with E-state index in [1.54, 1.807) is 6.20 Å². The predicted molar refractivity (Wildman–Crippen MR) is 75.8 cm³/mol. The third-order valence-electron chi connectivity index (χ3n) is 2.42. The summed E-state index contributed by atoms with van der Waals surface area (Å²) in [7, 11) is 0. The van der Waals surface area contributed by atoms with Crippen molar-refractivity contribution in [3.8, 4) is 5.88 Å². The van der Waals surface area contributed by atoms with Crippen LogP contribution in [0.4, 0.5) is 0 Å². The van der Waals surface area contributed by atoms with Gasteiger partial charge >= 0.3 is 0 Å². The lowest BCUT2D eigenvalue weighted by Crippen LogP contribution is -2.35. The maximum absolute atomic E-state index is 5.59. The highest BCUT2D eigenvalue weighted by molar-refractivity contribution is 5.20. The molecule has 0 aliphatic heterocycles. The predicted octanol–water partition coefficient (Wildman–Crippen LogP) is 3.31. The van der Waals surface area contributed by atoms with Gasteiger partial charge in [-0.2, -0.15) is 0 Å². The standard InChI is InChI=1S/C15H24N2O/c1-5-6-7-10-18-14-11-13(8-9-16-14)12-17-15(2,3)4/h5,8-9,11,17H,1,6-7,10,12H2,2-4H3. The molecule has 0 bridgehead atoms. The molecule has 0 aliphatic carbocycles. The zero-order valence-electron chi connectivity index (χ0n) is 11.7. The number of hydrogen-bond acceptors (Lipinski definition) is 3. The number of hydrogen-bond donors (Lipinski definition) is 1. The van der Waals surface area contributed by atoms with Crippen LogP contribution >= 0.6 is 0 Å². The average molecular weight is 248 g/mol. The SMILES string of the molecule is C=CCCCOc1cc(CNC(C)(C)C)ccn1. The Morgan fingerprint density at radius 1 is 1.44 bits per heavy atom. The van der Waals surface area contributed by atoms with Crippen molar-refractivity contribution >= 4 is 0 Å². The van der Waals surface area contributed by atoms with E-state index >= 15 is 0 Å². The summed E-state index contributed by atoms with van der Waals surface area (Å²) in [4.78, 5) is 4.21. The Kier molecular flexibility index (Phi) is 5.86. The lowest BCUT2D eigenvalue weighted by atomic mass is 10.1. The summed E-state index contributed by atoms with van der Waals surface area (Å²) < 4.78 is 5.59. The van der Waals surface area contributed by atoms with Crippen LogP contribution in [0.15, 0.2) is 31.0 Å². The van der Waals surface area contributed by atoms with Gasteiger partial charge in [0, 0.05) is 24.3 Å². The van der Waals surface area contributed by atoms with Crippen LogP contribution in [0.1, 0.15) is 39.2 Å². The fraction of sp³-hybridized carbons (Fsp3) is 0.533. The van der Waals surface area contributed by atoms with Crippen molar-refractivity contribution in [2.24, 2.45) is 0 Å². The molecule has 0 aliphatic rings. The molecule has 0 saturated heterocycles. The zero-order valence-corrected chi connectivity index (χ0v) is 11.7. The first-order valence-electron chi connectivity index (χ1n) is 6.45. The van der Waals surface area contributed by atoms with Gasteiger partial charge in [-0.25, -0.2) is 4.98 Å². The Balaban J connectivity index is 2.43. The van der Waals surface area contributed by atoms with E-state index in [0.29, 0.717) is 12.5 Å². The monoisotopic (exact) mass is 248 g/mol. The van der Waals surface area contributed by atoms with Crippen LogP contribution in [0.5, 0.6) is 5.88 Å². The number of ether oxygens (including phenoxy) is 1. The van der Waals surface area contributed by atoms with Gasteiger partial charge in [-0.15, -0.1) is 6.58 Å². The minimum absolute atomic E-state index is 0.119. The number of unbranched alkanes of at least 4 members (excludes halogenated alkanes) is 1. The molecule has 1 aromatic heterocycles. The van der Waals surface area contributed by atoms with Crippen molar-refractivity contribution in [1.82, 2.24) is 10.3 Å². The first-order chi connectivity index (χ1) is 8.51. The van der Waals surface area contributed by atoms with Crippen LogP contribution in [0.2, 0.25) is 0 Å². The van der Waals surface area contributed by atoms with Gasteiger partial charge in [0.1, 0.15) is 0 Å². The summed E-state index contributed by atoms with van der Waals surface area (Å²) in [5.41, 5.74) is 1.31. The third-order valence-corrected chi connectivity index (χ3v) is 2.42. The van der Waals surface area contributed by atoms with Gasteiger partial charge in [-0.05, 0) is 45.2 Å². The lowest BCUT2D eigenvalue weighted by Gasteiger charge is -2.20. The summed E-state index contributed by atoms with van der Waals surface area (Å²) in [6, 6.07) is 4.00. The van der Waals surface area contributed by atoms with Crippen LogP contribution in [0.25, 0.3) is 0 Å². The third kappa shape index (κ3) is 6.40. The molecule has 18 heavy (non-hydrogen) atoms. The highest BCUT2D eigenvalue weighted by atomic mass is 16.5. The highest BCUT2D eigenvalue weighted by Gasteiger charge is 2.08. The molecule has 3 heteroatoms. The first-order valence-corrected chi connectivity index (χ1v) is 6.45. The van der Waals surface area contributed by atoms with Crippen LogP contribution in [0, 0.1) is 0 Å². The Hall–Kier alpha value is -1.35. The molecule has 0 aromatic carbocycles. The van der Waals surface area contributed by atoms with Crippen molar-refractivity contribution in [3.63, 3.8) is 0 Å². The Labute approximate surface area is 110 Å². The van der Waals surface area contributed by atoms with Gasteiger partial charge in [0.2, 0.25) is 5.88 Å². The van der Waals surface area contributed by atoms with Crippen LogP contribution in [-0.2, 0) is 6.54 Å². The van der Waals surface area contributed by atoms with Crippen molar-refractivity contribution in [3.05, 3.63) is 36.5 Å². The molecule has 1 N–H and O–H groups in total. The number of nitrogens with zero attached hydrogens (tertiary/aromatic N) is 1. The van der Waals surface area contributed by atoms with Crippen LogP contribution in [-0.4, -0.2) is 17.1 Å². The molecule has 1 aromatic rings. The summed E-state index contributed by atoms with van der Waals surface area (Å²) in [6.45, 7) is 11.7. The summed E-state index contributed by atoms with van der Waals surface area (Å²) in [5.74, 6) is 0.701. The van der Waals surface area contributed by atoms with E-state index in [1.165, 1.54) is 5.56 Å². The van der Waals surface area contributed by atoms with E-state index in [9.17, 15) is 0 Å². The summed E-state index contributed by atoms with van der Waals surface area (Å²) >= 11 is 0. The molecular formula is C15H24N2O. The average Bonchev–Trinajstić information content (AvgIpc) is 2.32. The minimum Gasteiger partial charge on any atom is -0.478 e. The summed E-state index contributed by atoms with van der Waals surface area (Å²) in [5, 5.41) is 3.45. The number of aromatic nitrogens is 1. The van der Waals surface area contributed by atoms with Crippen molar-refractivity contribution in [2.45, 2.75) is 45.7 Å². The van der Waals surface area contributed by atoms with E-state index in [2.05, 4.69) is 37.7 Å². The maximum atomic E-state index is 5.59. The van der Waals surface area contributed by atoms with E-state index in [1.807, 2.05) is 18.2 Å². The van der Waals surface area contributed by atoms with Gasteiger partial charge < -0.3 is 10.1 Å². The molecular weight excluding hydrogens is 224 g/mol. The number of rotatable bonds is 7. The molecule has 0 amide bonds. The highest BCUT2D eigenvalue weighted by Crippen LogP contribution is 2.11. The Morgan fingerprint density at radius 2 is 2.22 bits per heavy atom. The second kappa shape index (κ2) is 7.17. The van der Waals surface area contributed by atoms with E-state index in [4.69, 9.17) is 4.74 Å². The summed E-state index contributed by atoms with van der Waals surface area (Å²) in [6.07, 6.45) is 5.66. The van der Waals surface area contributed by atoms with Gasteiger partial charge in [-0.1, -0.05) is 6.08 Å². The lowest BCUT2D eigenvalue weighted by molar-refractivity contribution is 0.299. The fourth-order valence-electron chi connectivity index (χ4n) is 1.41. The van der Waals surface area contributed by atoms with E-state index in [0.717, 1.165) is 19.4 Å². The molecule has 0 radical (unpaired) electrons. The van der Waals surface area contributed by atoms with Gasteiger partial charge in [0.05, 0.1) is 6.61 Å². The zero-order chi connectivity index (χ0) is 13.4. The van der Waals surface area contributed by atoms with E-state index < -0.39 is 0 Å².